The van der Waals surface area contributed by atoms with Gasteiger partial charge in [0.1, 0.15) is 5.82 Å². The number of dihydropyridines is 1. The van der Waals surface area contributed by atoms with Gasteiger partial charge in [-0.05, 0) is 44.9 Å². The average molecular weight is 461 g/mol. The van der Waals surface area contributed by atoms with E-state index in [0.717, 1.165) is 11.3 Å². The molecule has 34 heavy (non-hydrogen) atoms. The van der Waals surface area contributed by atoms with Gasteiger partial charge in [-0.1, -0.05) is 55.1 Å². The highest BCUT2D eigenvalue weighted by atomic mass is 16.5. The van der Waals surface area contributed by atoms with Gasteiger partial charge in [0.05, 0.1) is 23.7 Å². The average Bonchev–Trinajstić information content (AvgIpc) is 2.83. The first-order valence-electron chi connectivity index (χ1n) is 11.2. The van der Waals surface area contributed by atoms with Crippen LogP contribution in [0.2, 0.25) is 0 Å². The molecule has 2 N–H and O–H groups in total. The van der Waals surface area contributed by atoms with Crippen molar-refractivity contribution in [3.63, 3.8) is 0 Å². The second-order valence-electron chi connectivity index (χ2n) is 8.15. The van der Waals surface area contributed by atoms with Gasteiger partial charge < -0.3 is 25.2 Å². The smallest absolute Gasteiger partial charge is 0.336 e. The third-order valence-corrected chi connectivity index (χ3v) is 5.49. The highest BCUT2D eigenvalue weighted by molar-refractivity contribution is 6.03. The molecule has 0 spiro atoms. The number of nitrogens with zero attached hydrogens (tertiary/aromatic N) is 2. The number of esters is 1. The number of carbonyl (C=O) groups excluding carboxylic acids is 2. The van der Waals surface area contributed by atoms with Crippen LogP contribution >= 0.6 is 0 Å². The number of hydrogen-bond donors (Lipinski definition) is 2. The van der Waals surface area contributed by atoms with Crippen molar-refractivity contribution >= 4 is 17.6 Å². The molecule has 3 rings (SSSR count). The van der Waals surface area contributed by atoms with Crippen LogP contribution in [-0.2, 0) is 14.3 Å². The van der Waals surface area contributed by atoms with Crippen LogP contribution in [0, 0.1) is 0 Å². The second kappa shape index (κ2) is 11.3. The molecule has 0 aliphatic carbocycles. The molecular formula is C27H32N4O3. The molecule has 2 aromatic rings. The fourth-order valence-corrected chi connectivity index (χ4v) is 4.06. The van der Waals surface area contributed by atoms with Crippen molar-refractivity contribution in [2.75, 3.05) is 39.2 Å². The molecule has 7 nitrogen and oxygen atoms in total. The molecule has 1 unspecified atom stereocenters. The Morgan fingerprint density at radius 2 is 1.65 bits per heavy atom. The Balaban J connectivity index is 2.32. The van der Waals surface area contributed by atoms with Crippen molar-refractivity contribution < 1.29 is 14.3 Å². The molecule has 0 saturated heterocycles. The first-order chi connectivity index (χ1) is 16.4. The fraction of sp³-hybridized carbons (Fsp3) is 0.259. The minimum atomic E-state index is -0.641. The number of nitrogens with one attached hydrogen (secondary N) is 2. The van der Waals surface area contributed by atoms with E-state index < -0.39 is 11.9 Å². The number of hydrogen-bond acceptors (Lipinski definition) is 6. The lowest BCUT2D eigenvalue weighted by molar-refractivity contribution is -0.138. The number of ether oxygens (including phenoxy) is 1. The van der Waals surface area contributed by atoms with Crippen LogP contribution in [0.15, 0.2) is 96.1 Å². The van der Waals surface area contributed by atoms with Gasteiger partial charge >= 0.3 is 5.97 Å². The lowest BCUT2D eigenvalue weighted by Crippen LogP contribution is -2.43. The Kier molecular flexibility index (Phi) is 8.27. The van der Waals surface area contributed by atoms with Crippen LogP contribution in [0.5, 0.6) is 0 Å². The normalized spacial score (nSPS) is 15.6. The van der Waals surface area contributed by atoms with Gasteiger partial charge in [0, 0.05) is 25.0 Å². The summed E-state index contributed by atoms with van der Waals surface area (Å²) in [5.41, 5.74) is 3.22. The molecule has 178 valence electrons. The van der Waals surface area contributed by atoms with Crippen LogP contribution in [0.4, 0.5) is 5.69 Å². The monoisotopic (exact) mass is 460 g/mol. The third-order valence-electron chi connectivity index (χ3n) is 5.49. The summed E-state index contributed by atoms with van der Waals surface area (Å²) in [6.45, 7) is 6.12. The lowest BCUT2D eigenvalue weighted by atomic mass is 9.80. The van der Waals surface area contributed by atoms with E-state index in [1.165, 1.54) is 6.20 Å². The van der Waals surface area contributed by atoms with E-state index >= 15 is 0 Å². The fourth-order valence-electron chi connectivity index (χ4n) is 4.06. The van der Waals surface area contributed by atoms with E-state index in [1.54, 1.807) is 6.92 Å². The summed E-state index contributed by atoms with van der Waals surface area (Å²) >= 11 is 0. The Hall–Kier alpha value is -3.84. The zero-order valence-corrected chi connectivity index (χ0v) is 20.2. The number of rotatable bonds is 9. The third kappa shape index (κ3) is 5.38. The molecule has 7 heteroatoms. The highest BCUT2D eigenvalue weighted by Gasteiger charge is 2.40. The zero-order valence-electron chi connectivity index (χ0n) is 20.2. The summed E-state index contributed by atoms with van der Waals surface area (Å²) in [7, 11) is 5.75. The second-order valence-corrected chi connectivity index (χ2v) is 8.15. The minimum absolute atomic E-state index is 0.230. The van der Waals surface area contributed by atoms with E-state index in [1.807, 2.05) is 91.6 Å². The Labute approximate surface area is 201 Å². The molecule has 0 radical (unpaired) electrons. The first-order valence-corrected chi connectivity index (χ1v) is 11.2. The van der Waals surface area contributed by atoms with Crippen molar-refractivity contribution in [2.24, 2.45) is 0 Å². The zero-order chi connectivity index (χ0) is 24.7. The number of amides is 1. The van der Waals surface area contributed by atoms with Crippen LogP contribution in [0.25, 0.3) is 0 Å². The van der Waals surface area contributed by atoms with Crippen LogP contribution in [0.3, 0.4) is 0 Å². The number of carbonyl (C=O) groups is 2. The molecule has 2 aromatic carbocycles. The van der Waals surface area contributed by atoms with Crippen LogP contribution in [-0.4, -0.2) is 51.1 Å². The van der Waals surface area contributed by atoms with E-state index in [9.17, 15) is 9.59 Å². The van der Waals surface area contributed by atoms with Crippen molar-refractivity contribution in [3.8, 4) is 0 Å². The van der Waals surface area contributed by atoms with E-state index in [4.69, 9.17) is 4.74 Å². The number of likely N-dealkylation sites (N-methyl/N-ethyl adjacent to an activating group) is 1. The predicted molar refractivity (Wildman–Crippen MR) is 135 cm³/mol. The minimum Gasteiger partial charge on any atom is -0.463 e. The van der Waals surface area contributed by atoms with Gasteiger partial charge in [-0.2, -0.15) is 0 Å². The standard InChI is InChI=1S/C27H32N4O3/c1-6-28-26(32)24-22(19-14-10-8-11-15-19)23(27(33)34-7-2)21(18-30(3)4)29-25(24)31(5)20-16-12-9-13-17-20/h6,8-17,22,29H,1,7,18H2,2-5H3,(H,28,32). The molecule has 1 amide bonds. The maximum Gasteiger partial charge on any atom is 0.336 e. The van der Waals surface area contributed by atoms with Crippen LogP contribution < -0.4 is 15.5 Å². The maximum absolute atomic E-state index is 13.5. The molecule has 1 aliphatic heterocycles. The largest absolute Gasteiger partial charge is 0.463 e. The molecule has 1 aliphatic rings. The summed E-state index contributed by atoms with van der Waals surface area (Å²) < 4.78 is 5.47. The van der Waals surface area contributed by atoms with Crippen molar-refractivity contribution in [1.82, 2.24) is 15.5 Å². The molecule has 0 aromatic heterocycles. The topological polar surface area (TPSA) is 73.9 Å². The SMILES string of the molecule is C=CNC(=O)C1=C(N(C)c2ccccc2)NC(CN(C)C)=C(C(=O)OCC)C1c1ccccc1. The first kappa shape index (κ1) is 24.8. The Bertz CT molecular complexity index is 1090. The van der Waals surface area contributed by atoms with Gasteiger partial charge in [0.2, 0.25) is 0 Å². The Morgan fingerprint density at radius 3 is 2.21 bits per heavy atom. The van der Waals surface area contributed by atoms with Gasteiger partial charge in [-0.25, -0.2) is 4.79 Å². The van der Waals surface area contributed by atoms with Gasteiger partial charge in [0.25, 0.3) is 5.91 Å². The molecule has 0 fully saturated rings. The molecule has 1 heterocycles. The Morgan fingerprint density at radius 1 is 1.03 bits per heavy atom. The van der Waals surface area contributed by atoms with Crippen molar-refractivity contribution in [3.05, 3.63) is 102 Å². The van der Waals surface area contributed by atoms with Gasteiger partial charge in [0.15, 0.2) is 0 Å². The summed E-state index contributed by atoms with van der Waals surface area (Å²) in [4.78, 5) is 30.7. The molecule has 1 atom stereocenters. The van der Waals surface area contributed by atoms with Gasteiger partial charge in [-0.15, -0.1) is 0 Å². The van der Waals surface area contributed by atoms with Crippen molar-refractivity contribution in [2.45, 2.75) is 12.8 Å². The number of benzene rings is 2. The molecular weight excluding hydrogens is 428 g/mol. The number of para-hydroxylation sites is 1. The maximum atomic E-state index is 13.5. The summed E-state index contributed by atoms with van der Waals surface area (Å²) in [5.74, 6) is -0.854. The number of anilines is 1. The van der Waals surface area contributed by atoms with E-state index in [-0.39, 0.29) is 12.5 Å². The molecule has 0 saturated carbocycles. The summed E-state index contributed by atoms with van der Waals surface area (Å²) in [6, 6.07) is 19.3. The predicted octanol–water partition coefficient (Wildman–Crippen LogP) is 3.36. The highest BCUT2D eigenvalue weighted by Crippen LogP contribution is 2.40. The molecule has 0 bridgehead atoms. The summed E-state index contributed by atoms with van der Waals surface area (Å²) in [6.07, 6.45) is 1.35. The lowest BCUT2D eigenvalue weighted by Gasteiger charge is -2.37. The van der Waals surface area contributed by atoms with E-state index in [2.05, 4.69) is 17.2 Å². The van der Waals surface area contributed by atoms with Gasteiger partial charge in [-0.3, -0.25) is 4.79 Å². The van der Waals surface area contributed by atoms with Crippen LogP contribution in [0.1, 0.15) is 18.4 Å². The van der Waals surface area contributed by atoms with E-state index in [0.29, 0.717) is 29.2 Å². The summed E-state index contributed by atoms with van der Waals surface area (Å²) in [5, 5.41) is 6.12. The quantitative estimate of drug-likeness (QED) is 0.559. The van der Waals surface area contributed by atoms with Crippen molar-refractivity contribution in [1.29, 1.82) is 0 Å².